The molecule has 4 rings (SSSR count). The lowest BCUT2D eigenvalue weighted by Gasteiger charge is -2.27. The molecule has 1 aromatic heterocycles. The van der Waals surface area contributed by atoms with Crippen LogP contribution >= 0.6 is 0 Å². The predicted octanol–water partition coefficient (Wildman–Crippen LogP) is 3.61. The van der Waals surface area contributed by atoms with Crippen molar-refractivity contribution < 1.29 is 9.53 Å². The number of aromatic amines is 1. The molecule has 1 aliphatic rings. The quantitative estimate of drug-likeness (QED) is 0.795. The largest absolute Gasteiger partial charge is 0.497 e. The summed E-state index contributed by atoms with van der Waals surface area (Å²) < 4.78 is 5.17. The van der Waals surface area contributed by atoms with Crippen molar-refractivity contribution >= 4 is 16.8 Å². The fourth-order valence-corrected chi connectivity index (χ4v) is 3.57. The molecule has 3 aromatic rings. The fourth-order valence-electron chi connectivity index (χ4n) is 3.57. The molecule has 128 valence electrons. The lowest BCUT2D eigenvalue weighted by molar-refractivity contribution is -0.131. The van der Waals surface area contributed by atoms with Crippen molar-refractivity contribution in [1.29, 1.82) is 0 Å². The number of H-pyrrole nitrogens is 1. The van der Waals surface area contributed by atoms with Crippen LogP contribution in [0, 0.1) is 6.92 Å². The first-order valence-electron chi connectivity index (χ1n) is 8.65. The summed E-state index contributed by atoms with van der Waals surface area (Å²) in [7, 11) is 1.65. The predicted molar refractivity (Wildman–Crippen MR) is 98.9 cm³/mol. The number of carbonyl (C=O) groups is 1. The van der Waals surface area contributed by atoms with Gasteiger partial charge in [0, 0.05) is 41.7 Å². The Morgan fingerprint density at radius 1 is 1.20 bits per heavy atom. The third-order valence-corrected chi connectivity index (χ3v) is 5.00. The molecule has 0 saturated carbocycles. The van der Waals surface area contributed by atoms with Crippen LogP contribution in [0.15, 0.2) is 42.5 Å². The van der Waals surface area contributed by atoms with E-state index < -0.39 is 0 Å². The monoisotopic (exact) mass is 334 g/mol. The van der Waals surface area contributed by atoms with Gasteiger partial charge >= 0.3 is 0 Å². The van der Waals surface area contributed by atoms with Crippen LogP contribution in [0.5, 0.6) is 5.75 Å². The molecule has 0 atom stereocenters. The number of methoxy groups -OCH3 is 1. The van der Waals surface area contributed by atoms with Crippen molar-refractivity contribution in [1.82, 2.24) is 9.88 Å². The highest BCUT2D eigenvalue weighted by atomic mass is 16.5. The Labute approximate surface area is 147 Å². The average Bonchev–Trinajstić information content (AvgIpc) is 2.99. The maximum absolute atomic E-state index is 12.7. The maximum atomic E-state index is 12.7. The van der Waals surface area contributed by atoms with E-state index >= 15 is 0 Å². The first kappa shape index (κ1) is 15.8. The Morgan fingerprint density at radius 2 is 2.00 bits per heavy atom. The van der Waals surface area contributed by atoms with E-state index in [1.807, 2.05) is 29.2 Å². The Hall–Kier alpha value is -2.75. The molecule has 0 radical (unpaired) electrons. The standard InChI is InChI=1S/C21H22N2O2/c1-14-3-8-19-17(11-14)18-13-23(10-9-20(18)22-19)21(24)12-15-4-6-16(25-2)7-5-15/h3-8,11,22H,9-10,12-13H2,1-2H3. The number of aryl methyl sites for hydroxylation is 1. The summed E-state index contributed by atoms with van der Waals surface area (Å²) in [5.41, 5.74) is 5.98. The molecule has 1 N–H and O–H groups in total. The van der Waals surface area contributed by atoms with Gasteiger partial charge in [-0.3, -0.25) is 4.79 Å². The van der Waals surface area contributed by atoms with Gasteiger partial charge in [-0.1, -0.05) is 23.8 Å². The molecule has 4 nitrogen and oxygen atoms in total. The minimum Gasteiger partial charge on any atom is -0.497 e. The molecule has 0 fully saturated rings. The number of fused-ring (bicyclic) bond motifs is 3. The van der Waals surface area contributed by atoms with Crippen molar-refractivity contribution in [3.05, 3.63) is 64.8 Å². The first-order valence-corrected chi connectivity index (χ1v) is 8.65. The molecule has 0 bridgehead atoms. The van der Waals surface area contributed by atoms with Crippen LogP contribution in [0.4, 0.5) is 0 Å². The summed E-state index contributed by atoms with van der Waals surface area (Å²) in [5.74, 6) is 0.991. The van der Waals surface area contributed by atoms with Gasteiger partial charge in [0.1, 0.15) is 5.75 Å². The summed E-state index contributed by atoms with van der Waals surface area (Å²) in [6, 6.07) is 14.2. The van der Waals surface area contributed by atoms with Crippen molar-refractivity contribution in [2.24, 2.45) is 0 Å². The van der Waals surface area contributed by atoms with E-state index in [0.29, 0.717) is 13.0 Å². The average molecular weight is 334 g/mol. The number of amides is 1. The molecule has 0 unspecified atom stereocenters. The third kappa shape index (κ3) is 3.00. The number of rotatable bonds is 3. The zero-order valence-electron chi connectivity index (χ0n) is 14.6. The van der Waals surface area contributed by atoms with Gasteiger partial charge < -0.3 is 14.6 Å². The van der Waals surface area contributed by atoms with E-state index in [-0.39, 0.29) is 5.91 Å². The molecule has 4 heteroatoms. The Balaban J connectivity index is 1.53. The molecule has 2 heterocycles. The summed E-state index contributed by atoms with van der Waals surface area (Å²) in [6.07, 6.45) is 1.32. The minimum absolute atomic E-state index is 0.179. The molecule has 0 saturated heterocycles. The lowest BCUT2D eigenvalue weighted by Crippen LogP contribution is -2.36. The number of hydrogen-bond acceptors (Lipinski definition) is 2. The highest BCUT2D eigenvalue weighted by Crippen LogP contribution is 2.28. The van der Waals surface area contributed by atoms with Crippen molar-refractivity contribution in [3.8, 4) is 5.75 Å². The number of hydrogen-bond donors (Lipinski definition) is 1. The second-order valence-corrected chi connectivity index (χ2v) is 6.72. The molecule has 2 aromatic carbocycles. The van der Waals surface area contributed by atoms with Crippen LogP contribution in [0.2, 0.25) is 0 Å². The van der Waals surface area contributed by atoms with E-state index in [1.165, 1.54) is 27.7 Å². The Kier molecular flexibility index (Phi) is 3.96. The number of nitrogens with one attached hydrogen (secondary N) is 1. The summed E-state index contributed by atoms with van der Waals surface area (Å²) >= 11 is 0. The summed E-state index contributed by atoms with van der Waals surface area (Å²) in [6.45, 7) is 3.57. The van der Waals surface area contributed by atoms with Crippen LogP contribution in [-0.2, 0) is 24.2 Å². The zero-order chi connectivity index (χ0) is 17.4. The number of ether oxygens (including phenoxy) is 1. The maximum Gasteiger partial charge on any atom is 0.227 e. The van der Waals surface area contributed by atoms with E-state index in [4.69, 9.17) is 4.74 Å². The van der Waals surface area contributed by atoms with Crippen LogP contribution in [0.25, 0.3) is 10.9 Å². The van der Waals surface area contributed by atoms with Crippen LogP contribution in [0.3, 0.4) is 0 Å². The minimum atomic E-state index is 0.179. The molecular weight excluding hydrogens is 312 g/mol. The molecule has 25 heavy (non-hydrogen) atoms. The van der Waals surface area contributed by atoms with E-state index in [1.54, 1.807) is 7.11 Å². The van der Waals surface area contributed by atoms with Crippen molar-refractivity contribution in [3.63, 3.8) is 0 Å². The fraction of sp³-hybridized carbons (Fsp3) is 0.286. The molecule has 1 amide bonds. The van der Waals surface area contributed by atoms with E-state index in [9.17, 15) is 4.79 Å². The van der Waals surface area contributed by atoms with Crippen LogP contribution < -0.4 is 4.74 Å². The summed E-state index contributed by atoms with van der Waals surface area (Å²) in [4.78, 5) is 18.2. The van der Waals surface area contributed by atoms with Gasteiger partial charge in [-0.05, 0) is 36.8 Å². The van der Waals surface area contributed by atoms with Gasteiger partial charge in [-0.25, -0.2) is 0 Å². The van der Waals surface area contributed by atoms with Gasteiger partial charge in [0.2, 0.25) is 5.91 Å². The van der Waals surface area contributed by atoms with E-state index in [2.05, 4.69) is 30.1 Å². The molecular formula is C21H22N2O2. The van der Waals surface area contributed by atoms with Crippen LogP contribution in [-0.4, -0.2) is 29.4 Å². The molecule has 0 spiro atoms. The SMILES string of the molecule is COc1ccc(CC(=O)N2CCc3[nH]c4ccc(C)cc4c3C2)cc1. The number of nitrogens with zero attached hydrogens (tertiary/aromatic N) is 1. The van der Waals surface area contributed by atoms with Crippen LogP contribution in [0.1, 0.15) is 22.4 Å². The second-order valence-electron chi connectivity index (χ2n) is 6.72. The second kappa shape index (κ2) is 6.28. The zero-order valence-corrected chi connectivity index (χ0v) is 14.6. The molecule has 0 aliphatic carbocycles. The first-order chi connectivity index (χ1) is 12.1. The summed E-state index contributed by atoms with van der Waals surface area (Å²) in [5, 5.41) is 1.25. The lowest BCUT2D eigenvalue weighted by atomic mass is 10.0. The Bertz CT molecular complexity index is 925. The van der Waals surface area contributed by atoms with Crippen molar-refractivity contribution in [2.45, 2.75) is 26.3 Å². The van der Waals surface area contributed by atoms with Gasteiger partial charge in [-0.15, -0.1) is 0 Å². The van der Waals surface area contributed by atoms with E-state index in [0.717, 1.165) is 24.3 Å². The molecule has 1 aliphatic heterocycles. The number of benzene rings is 2. The smallest absolute Gasteiger partial charge is 0.227 e. The normalized spacial score (nSPS) is 13.8. The Morgan fingerprint density at radius 3 is 2.76 bits per heavy atom. The number of carbonyl (C=O) groups excluding carboxylic acids is 1. The highest BCUT2D eigenvalue weighted by molar-refractivity contribution is 5.87. The van der Waals surface area contributed by atoms with Gasteiger partial charge in [0.25, 0.3) is 0 Å². The highest BCUT2D eigenvalue weighted by Gasteiger charge is 2.24. The third-order valence-electron chi connectivity index (χ3n) is 5.00. The number of aromatic nitrogens is 1. The van der Waals surface area contributed by atoms with Gasteiger partial charge in [0.05, 0.1) is 13.5 Å². The van der Waals surface area contributed by atoms with Crippen molar-refractivity contribution in [2.75, 3.05) is 13.7 Å². The van der Waals surface area contributed by atoms with Gasteiger partial charge in [-0.2, -0.15) is 0 Å². The topological polar surface area (TPSA) is 45.3 Å². The van der Waals surface area contributed by atoms with Gasteiger partial charge in [0.15, 0.2) is 0 Å².